The van der Waals surface area contributed by atoms with Crippen LogP contribution in [0.15, 0.2) is 22.5 Å². The van der Waals surface area contributed by atoms with Crippen molar-refractivity contribution in [3.05, 3.63) is 34.5 Å². The Balaban J connectivity index is 1.62. The van der Waals surface area contributed by atoms with Gasteiger partial charge in [-0.1, -0.05) is 0 Å². The molecule has 0 atom stereocenters. The van der Waals surface area contributed by atoms with Crippen molar-refractivity contribution >= 4 is 21.4 Å². The third kappa shape index (κ3) is 3.70. The lowest BCUT2D eigenvalue weighted by atomic mass is 10.3. The molecule has 0 radical (unpaired) electrons. The molecule has 8 heteroatoms. The normalized spacial score (nSPS) is 15.5. The Morgan fingerprint density at radius 2 is 2.19 bits per heavy atom. The maximum atomic E-state index is 12.3. The summed E-state index contributed by atoms with van der Waals surface area (Å²) >= 11 is 1.31. The van der Waals surface area contributed by atoms with Gasteiger partial charge in [-0.25, -0.2) is 13.1 Å². The van der Waals surface area contributed by atoms with Crippen LogP contribution in [0.5, 0.6) is 0 Å². The molecule has 1 saturated carbocycles. The van der Waals surface area contributed by atoms with Gasteiger partial charge in [0.1, 0.15) is 4.21 Å². The van der Waals surface area contributed by atoms with Crippen molar-refractivity contribution in [3.63, 3.8) is 0 Å². The van der Waals surface area contributed by atoms with Crippen molar-refractivity contribution in [2.75, 3.05) is 0 Å². The highest BCUT2D eigenvalue weighted by Crippen LogP contribution is 2.24. The molecule has 0 saturated heterocycles. The summed E-state index contributed by atoms with van der Waals surface area (Å²) in [6, 6.07) is 4.16. The van der Waals surface area contributed by atoms with E-state index in [4.69, 9.17) is 0 Å². The van der Waals surface area contributed by atoms with E-state index in [2.05, 4.69) is 20.2 Å². The summed E-state index contributed by atoms with van der Waals surface area (Å²) in [7, 11) is -3.46. The van der Waals surface area contributed by atoms with Crippen LogP contribution in [-0.4, -0.2) is 24.7 Å². The second-order valence-corrected chi connectivity index (χ2v) is 8.38. The summed E-state index contributed by atoms with van der Waals surface area (Å²) in [6.45, 7) is 2.85. The third-order valence-corrected chi connectivity index (χ3v) is 6.41. The van der Waals surface area contributed by atoms with Gasteiger partial charge in [0.15, 0.2) is 0 Å². The number of H-pyrrole nitrogens is 1. The predicted octanol–water partition coefficient (Wildman–Crippen LogP) is 1.51. The zero-order valence-corrected chi connectivity index (χ0v) is 13.4. The minimum absolute atomic E-state index is 0.248. The molecule has 0 aromatic carbocycles. The first kappa shape index (κ1) is 14.7. The molecule has 0 unspecified atom stereocenters. The summed E-state index contributed by atoms with van der Waals surface area (Å²) in [6.07, 6.45) is 4.08. The van der Waals surface area contributed by atoms with E-state index in [1.165, 1.54) is 24.2 Å². The maximum Gasteiger partial charge on any atom is 0.250 e. The predicted molar refractivity (Wildman–Crippen MR) is 81.5 cm³/mol. The zero-order valence-electron chi connectivity index (χ0n) is 11.7. The molecule has 21 heavy (non-hydrogen) atoms. The van der Waals surface area contributed by atoms with Gasteiger partial charge in [-0.15, -0.1) is 11.3 Å². The Morgan fingerprint density at radius 3 is 2.86 bits per heavy atom. The highest BCUT2D eigenvalue weighted by Gasteiger charge is 2.21. The van der Waals surface area contributed by atoms with Crippen molar-refractivity contribution in [1.82, 2.24) is 20.2 Å². The first-order chi connectivity index (χ1) is 10.0. The smallest absolute Gasteiger partial charge is 0.250 e. The number of hydrogen-bond acceptors (Lipinski definition) is 5. The highest BCUT2D eigenvalue weighted by atomic mass is 32.2. The van der Waals surface area contributed by atoms with Crippen molar-refractivity contribution in [1.29, 1.82) is 0 Å². The molecular formula is C13H18N4O2S2. The molecule has 2 aromatic rings. The van der Waals surface area contributed by atoms with Gasteiger partial charge in [0.25, 0.3) is 0 Å². The Hall–Kier alpha value is -1.22. The first-order valence-corrected chi connectivity index (χ1v) is 9.15. The SMILES string of the molecule is Cc1[nH]ncc1CNS(=O)(=O)c1ccc(CNC2CC2)s1. The minimum atomic E-state index is -3.46. The van der Waals surface area contributed by atoms with Crippen LogP contribution in [-0.2, 0) is 23.1 Å². The van der Waals surface area contributed by atoms with Crippen molar-refractivity contribution in [2.24, 2.45) is 0 Å². The van der Waals surface area contributed by atoms with E-state index >= 15 is 0 Å². The molecule has 6 nitrogen and oxygen atoms in total. The molecule has 114 valence electrons. The molecule has 0 amide bonds. The van der Waals surface area contributed by atoms with Crippen LogP contribution in [0.4, 0.5) is 0 Å². The zero-order chi connectivity index (χ0) is 14.9. The summed E-state index contributed by atoms with van der Waals surface area (Å²) < 4.78 is 27.5. The van der Waals surface area contributed by atoms with Crippen molar-refractivity contribution in [3.8, 4) is 0 Å². The minimum Gasteiger partial charge on any atom is -0.309 e. The molecular weight excluding hydrogens is 308 g/mol. The molecule has 0 aliphatic heterocycles. The molecule has 1 fully saturated rings. The second-order valence-electron chi connectivity index (χ2n) is 5.22. The van der Waals surface area contributed by atoms with E-state index in [0.717, 1.165) is 22.7 Å². The Bertz CT molecular complexity index is 716. The van der Waals surface area contributed by atoms with Crippen LogP contribution in [0.3, 0.4) is 0 Å². The number of thiophene rings is 1. The Kier molecular flexibility index (Phi) is 4.12. The van der Waals surface area contributed by atoms with Crippen LogP contribution < -0.4 is 10.0 Å². The quantitative estimate of drug-likeness (QED) is 0.720. The van der Waals surface area contributed by atoms with Gasteiger partial charge in [0.05, 0.1) is 6.20 Å². The molecule has 2 heterocycles. The van der Waals surface area contributed by atoms with Crippen LogP contribution in [0.2, 0.25) is 0 Å². The number of aromatic amines is 1. The fraction of sp³-hybridized carbons (Fsp3) is 0.462. The molecule has 1 aliphatic rings. The van der Waals surface area contributed by atoms with Crippen molar-refractivity contribution in [2.45, 2.75) is 43.1 Å². The maximum absolute atomic E-state index is 12.3. The molecule has 2 aromatic heterocycles. The van der Waals surface area contributed by atoms with Crippen LogP contribution in [0.1, 0.15) is 29.0 Å². The van der Waals surface area contributed by atoms with Gasteiger partial charge in [0, 0.05) is 35.3 Å². The van der Waals surface area contributed by atoms with E-state index < -0.39 is 10.0 Å². The molecule has 0 bridgehead atoms. The number of aromatic nitrogens is 2. The second kappa shape index (κ2) is 5.88. The number of rotatable bonds is 7. The van der Waals surface area contributed by atoms with E-state index in [1.54, 1.807) is 12.3 Å². The number of aryl methyl sites for hydroxylation is 1. The number of nitrogens with zero attached hydrogens (tertiary/aromatic N) is 1. The average molecular weight is 326 g/mol. The van der Waals surface area contributed by atoms with Crippen LogP contribution >= 0.6 is 11.3 Å². The summed E-state index contributed by atoms with van der Waals surface area (Å²) in [5.41, 5.74) is 1.73. The lowest BCUT2D eigenvalue weighted by Crippen LogP contribution is -2.22. The van der Waals surface area contributed by atoms with Crippen LogP contribution in [0.25, 0.3) is 0 Å². The lowest BCUT2D eigenvalue weighted by molar-refractivity contribution is 0.583. The van der Waals surface area contributed by atoms with Gasteiger partial charge >= 0.3 is 0 Å². The Labute approximate surface area is 128 Å². The van der Waals surface area contributed by atoms with E-state index in [0.29, 0.717) is 10.3 Å². The van der Waals surface area contributed by atoms with Crippen molar-refractivity contribution < 1.29 is 8.42 Å². The molecule has 3 N–H and O–H groups in total. The molecule has 0 spiro atoms. The summed E-state index contributed by atoms with van der Waals surface area (Å²) in [5, 5.41) is 10.1. The van der Waals surface area contributed by atoms with Gasteiger partial charge in [-0.05, 0) is 31.9 Å². The number of nitrogens with one attached hydrogen (secondary N) is 3. The highest BCUT2D eigenvalue weighted by molar-refractivity contribution is 7.91. The fourth-order valence-electron chi connectivity index (χ4n) is 1.93. The molecule has 1 aliphatic carbocycles. The first-order valence-electron chi connectivity index (χ1n) is 6.85. The average Bonchev–Trinajstić information content (AvgIpc) is 2.98. The summed E-state index contributed by atoms with van der Waals surface area (Å²) in [4.78, 5) is 1.04. The largest absolute Gasteiger partial charge is 0.309 e. The van der Waals surface area contributed by atoms with Gasteiger partial charge < -0.3 is 5.32 Å². The standard InChI is InChI=1S/C13H18N4O2S2/c1-9-10(6-15-17-9)7-16-21(18,19)13-5-4-12(20-13)8-14-11-2-3-11/h4-6,11,14,16H,2-3,7-8H2,1H3,(H,15,17). The number of hydrogen-bond donors (Lipinski definition) is 3. The molecule has 3 rings (SSSR count). The van der Waals surface area contributed by atoms with E-state index in [9.17, 15) is 8.42 Å². The van der Waals surface area contributed by atoms with Gasteiger partial charge in [-0.3, -0.25) is 5.10 Å². The monoisotopic (exact) mass is 326 g/mol. The van der Waals surface area contributed by atoms with E-state index in [1.807, 2.05) is 13.0 Å². The Morgan fingerprint density at radius 1 is 1.38 bits per heavy atom. The fourth-order valence-corrected chi connectivity index (χ4v) is 4.29. The van der Waals surface area contributed by atoms with Crippen LogP contribution in [0, 0.1) is 6.92 Å². The number of sulfonamides is 1. The van der Waals surface area contributed by atoms with E-state index in [-0.39, 0.29) is 6.54 Å². The topological polar surface area (TPSA) is 86.9 Å². The van der Waals surface area contributed by atoms with Gasteiger partial charge in [0.2, 0.25) is 10.0 Å². The van der Waals surface area contributed by atoms with Gasteiger partial charge in [-0.2, -0.15) is 5.10 Å². The summed E-state index contributed by atoms with van der Waals surface area (Å²) in [5.74, 6) is 0. The third-order valence-electron chi connectivity index (χ3n) is 3.43. The lowest BCUT2D eigenvalue weighted by Gasteiger charge is -2.04.